The molecule has 124 valence electrons. The average Bonchev–Trinajstić information content (AvgIpc) is 2.72. The molecule has 1 N–H and O–H groups in total. The number of ether oxygens (including phenoxy) is 2. The van der Waals surface area contributed by atoms with E-state index in [9.17, 15) is 9.59 Å². The lowest BCUT2D eigenvalue weighted by Gasteiger charge is -2.23. The quantitative estimate of drug-likeness (QED) is 0.865. The van der Waals surface area contributed by atoms with Crippen LogP contribution in [0, 0.1) is 0 Å². The van der Waals surface area contributed by atoms with Crippen molar-refractivity contribution in [2.24, 2.45) is 0 Å². The number of anilines is 1. The van der Waals surface area contributed by atoms with Crippen LogP contribution in [0.3, 0.4) is 0 Å². The minimum atomic E-state index is -0.909. The number of carbonyl (C=O) groups excluding carboxylic acids is 2. The number of rotatable bonds is 3. The van der Waals surface area contributed by atoms with E-state index in [4.69, 9.17) is 9.47 Å². The molecule has 0 bridgehead atoms. The number of esters is 1. The molecule has 2 aromatic carbocycles. The molecule has 3 rings (SSSR count). The van der Waals surface area contributed by atoms with Crippen LogP contribution >= 0.6 is 11.8 Å². The molecule has 1 aliphatic rings. The Bertz CT molecular complexity index is 760. The van der Waals surface area contributed by atoms with Gasteiger partial charge in [0.25, 0.3) is 5.91 Å². The van der Waals surface area contributed by atoms with Crippen molar-refractivity contribution in [1.82, 2.24) is 0 Å². The Morgan fingerprint density at radius 3 is 2.50 bits per heavy atom. The average molecular weight is 343 g/mol. The van der Waals surface area contributed by atoms with Gasteiger partial charge >= 0.3 is 5.97 Å². The summed E-state index contributed by atoms with van der Waals surface area (Å²) in [6.45, 7) is 1.31. The lowest BCUT2D eigenvalue weighted by Crippen LogP contribution is -2.34. The maximum absolute atomic E-state index is 12.6. The molecule has 1 amide bonds. The summed E-state index contributed by atoms with van der Waals surface area (Å²) in [6, 6.07) is 15.0. The summed E-state index contributed by atoms with van der Waals surface area (Å²) in [5, 5.41) is 2.49. The van der Waals surface area contributed by atoms with Gasteiger partial charge in [-0.15, -0.1) is 11.8 Å². The van der Waals surface area contributed by atoms with Crippen LogP contribution in [-0.4, -0.2) is 25.1 Å². The first-order valence-electron chi connectivity index (χ1n) is 7.46. The predicted octanol–water partition coefficient (Wildman–Crippen LogP) is 3.41. The van der Waals surface area contributed by atoms with E-state index in [1.807, 2.05) is 48.5 Å². The van der Waals surface area contributed by atoms with Gasteiger partial charge in [0, 0.05) is 11.8 Å². The fourth-order valence-electron chi connectivity index (χ4n) is 2.54. The second-order valence-electron chi connectivity index (χ2n) is 5.33. The monoisotopic (exact) mass is 343 g/mol. The first-order valence-corrected chi connectivity index (χ1v) is 8.34. The van der Waals surface area contributed by atoms with Crippen molar-refractivity contribution in [3.63, 3.8) is 0 Å². The van der Waals surface area contributed by atoms with E-state index in [2.05, 4.69) is 5.32 Å². The molecular weight excluding hydrogens is 326 g/mol. The largest absolute Gasteiger partial charge is 0.497 e. The highest BCUT2D eigenvalue weighted by Gasteiger charge is 2.36. The molecule has 1 aliphatic heterocycles. The van der Waals surface area contributed by atoms with Crippen LogP contribution in [0.5, 0.6) is 5.75 Å². The van der Waals surface area contributed by atoms with Gasteiger partial charge in [0.1, 0.15) is 5.75 Å². The van der Waals surface area contributed by atoms with Gasteiger partial charge in [-0.3, -0.25) is 9.59 Å². The number of fused-ring (bicyclic) bond motifs is 1. The summed E-state index contributed by atoms with van der Waals surface area (Å²) < 4.78 is 10.5. The van der Waals surface area contributed by atoms with Gasteiger partial charge in [0.2, 0.25) is 0 Å². The Balaban J connectivity index is 2.02. The Kier molecular flexibility index (Phi) is 4.76. The highest BCUT2D eigenvalue weighted by atomic mass is 32.2. The smallest absolute Gasteiger partial charge is 0.303 e. The maximum atomic E-state index is 12.6. The number of methoxy groups -OCH3 is 1. The van der Waals surface area contributed by atoms with E-state index in [0.717, 1.165) is 21.9 Å². The Hall–Kier alpha value is -2.47. The van der Waals surface area contributed by atoms with E-state index in [1.54, 1.807) is 7.11 Å². The summed E-state index contributed by atoms with van der Waals surface area (Å²) in [6.07, 6.45) is -0.909. The van der Waals surface area contributed by atoms with Crippen LogP contribution in [0.4, 0.5) is 5.69 Å². The third-order valence-corrected chi connectivity index (χ3v) is 5.05. The fraction of sp³-hybridized carbons (Fsp3) is 0.222. The van der Waals surface area contributed by atoms with Crippen molar-refractivity contribution < 1.29 is 19.1 Å². The number of para-hydroxylation sites is 1. The van der Waals surface area contributed by atoms with Crippen molar-refractivity contribution >= 4 is 29.3 Å². The summed E-state index contributed by atoms with van der Waals surface area (Å²) in [4.78, 5) is 25.0. The van der Waals surface area contributed by atoms with Gasteiger partial charge in [-0.2, -0.15) is 0 Å². The summed E-state index contributed by atoms with van der Waals surface area (Å²) >= 11 is 1.50. The van der Waals surface area contributed by atoms with Gasteiger partial charge in [-0.1, -0.05) is 24.3 Å². The van der Waals surface area contributed by atoms with Crippen LogP contribution in [-0.2, 0) is 14.3 Å². The van der Waals surface area contributed by atoms with E-state index in [-0.39, 0.29) is 11.2 Å². The number of hydrogen-bond donors (Lipinski definition) is 1. The number of nitrogens with one attached hydrogen (secondary N) is 1. The third kappa shape index (κ3) is 3.38. The van der Waals surface area contributed by atoms with E-state index in [1.165, 1.54) is 18.7 Å². The summed E-state index contributed by atoms with van der Waals surface area (Å²) in [7, 11) is 1.60. The van der Waals surface area contributed by atoms with Gasteiger partial charge in [0.15, 0.2) is 6.10 Å². The number of benzene rings is 2. The third-order valence-electron chi connectivity index (χ3n) is 3.67. The van der Waals surface area contributed by atoms with Gasteiger partial charge in [0.05, 0.1) is 18.0 Å². The lowest BCUT2D eigenvalue weighted by atomic mass is 10.1. The maximum Gasteiger partial charge on any atom is 0.303 e. The lowest BCUT2D eigenvalue weighted by molar-refractivity contribution is -0.152. The minimum absolute atomic E-state index is 0.330. The Labute approximate surface area is 144 Å². The van der Waals surface area contributed by atoms with E-state index >= 15 is 0 Å². The number of thioether (sulfide) groups is 1. The molecule has 0 unspecified atom stereocenters. The molecular formula is C18H17NO4S. The number of hydrogen-bond acceptors (Lipinski definition) is 5. The SMILES string of the molecule is COc1ccc([C@H]2Sc3ccccc3NC(=O)[C@H]2OC(C)=O)cc1. The highest BCUT2D eigenvalue weighted by Crippen LogP contribution is 2.44. The molecule has 0 aromatic heterocycles. The molecule has 24 heavy (non-hydrogen) atoms. The van der Waals surface area contributed by atoms with Crippen LogP contribution in [0.25, 0.3) is 0 Å². The zero-order valence-electron chi connectivity index (χ0n) is 13.3. The zero-order chi connectivity index (χ0) is 17.1. The van der Waals surface area contributed by atoms with Gasteiger partial charge < -0.3 is 14.8 Å². The number of amides is 1. The van der Waals surface area contributed by atoms with E-state index < -0.39 is 12.1 Å². The number of carbonyl (C=O) groups is 2. The zero-order valence-corrected chi connectivity index (χ0v) is 14.1. The summed E-state index contributed by atoms with van der Waals surface area (Å²) in [5.74, 6) is -0.0880. The summed E-state index contributed by atoms with van der Waals surface area (Å²) in [5.41, 5.74) is 1.61. The van der Waals surface area contributed by atoms with Crippen molar-refractivity contribution in [2.75, 3.05) is 12.4 Å². The van der Waals surface area contributed by atoms with Crippen molar-refractivity contribution in [1.29, 1.82) is 0 Å². The molecule has 6 heteroatoms. The molecule has 0 fully saturated rings. The van der Waals surface area contributed by atoms with Gasteiger partial charge in [-0.05, 0) is 29.8 Å². The minimum Gasteiger partial charge on any atom is -0.497 e. The second-order valence-corrected chi connectivity index (χ2v) is 6.51. The molecule has 5 nitrogen and oxygen atoms in total. The first kappa shape index (κ1) is 16.4. The second kappa shape index (κ2) is 6.97. The standard InChI is InChI=1S/C18H17NO4S/c1-11(20)23-16-17(12-7-9-13(22-2)10-8-12)24-15-6-4-3-5-14(15)19-18(16)21/h3-10,16-17H,1-2H3,(H,19,21)/t16-,17+/m0/s1. The fourth-order valence-corrected chi connectivity index (χ4v) is 3.82. The van der Waals surface area contributed by atoms with Crippen LogP contribution < -0.4 is 10.1 Å². The molecule has 0 saturated heterocycles. The topological polar surface area (TPSA) is 64.6 Å². The van der Waals surface area contributed by atoms with Crippen molar-refractivity contribution in [2.45, 2.75) is 23.2 Å². The molecule has 2 atom stereocenters. The van der Waals surface area contributed by atoms with Crippen LogP contribution in [0.15, 0.2) is 53.4 Å². The Morgan fingerprint density at radius 1 is 1.12 bits per heavy atom. The molecule has 0 saturated carbocycles. The molecule has 1 heterocycles. The first-order chi connectivity index (χ1) is 11.6. The molecule has 2 aromatic rings. The van der Waals surface area contributed by atoms with Crippen LogP contribution in [0.2, 0.25) is 0 Å². The highest BCUT2D eigenvalue weighted by molar-refractivity contribution is 7.99. The molecule has 0 aliphatic carbocycles. The van der Waals surface area contributed by atoms with Crippen LogP contribution in [0.1, 0.15) is 17.7 Å². The molecule has 0 spiro atoms. The Morgan fingerprint density at radius 2 is 1.83 bits per heavy atom. The molecule has 0 radical (unpaired) electrons. The van der Waals surface area contributed by atoms with Crippen molar-refractivity contribution in [3.05, 3.63) is 54.1 Å². The normalized spacial score (nSPS) is 19.7. The van der Waals surface area contributed by atoms with Gasteiger partial charge in [-0.25, -0.2) is 0 Å². The van der Waals surface area contributed by atoms with Crippen molar-refractivity contribution in [3.8, 4) is 5.75 Å². The van der Waals surface area contributed by atoms with E-state index in [0.29, 0.717) is 0 Å². The predicted molar refractivity (Wildman–Crippen MR) is 92.2 cm³/mol.